The smallest absolute Gasteiger partial charge is 0.141 e. The van der Waals surface area contributed by atoms with E-state index in [1.165, 1.54) is 12.1 Å². The van der Waals surface area contributed by atoms with Gasteiger partial charge in [-0.2, -0.15) is 0 Å². The highest BCUT2D eigenvalue weighted by molar-refractivity contribution is 6.31. The molecule has 4 heteroatoms. The number of hydrogen-bond acceptors (Lipinski definition) is 3. The van der Waals surface area contributed by atoms with Crippen molar-refractivity contribution in [2.24, 2.45) is 0 Å². The molecule has 1 rings (SSSR count). The van der Waals surface area contributed by atoms with E-state index in [1.54, 1.807) is 13.0 Å². The van der Waals surface area contributed by atoms with Crippen LogP contribution in [0.3, 0.4) is 0 Å². The fourth-order valence-corrected chi connectivity index (χ4v) is 2.06. The van der Waals surface area contributed by atoms with Crippen LogP contribution in [0.15, 0.2) is 18.2 Å². The first kappa shape index (κ1) is 13.3. The van der Waals surface area contributed by atoms with Gasteiger partial charge < -0.3 is 10.2 Å². The molecule has 3 N–H and O–H groups in total. The Morgan fingerprint density at radius 2 is 1.75 bits per heavy atom. The number of phenolic OH excluding ortho intramolecular Hbond substituents is 1. The number of nitrogens with one attached hydrogen (secondary N) is 1. The normalized spacial score (nSPS) is 15.9. The van der Waals surface area contributed by atoms with Crippen molar-refractivity contribution in [3.05, 3.63) is 28.8 Å². The molecule has 90 valence electrons. The van der Waals surface area contributed by atoms with Crippen LogP contribution in [0.2, 0.25) is 5.02 Å². The van der Waals surface area contributed by atoms with E-state index in [9.17, 15) is 10.2 Å². The molecule has 1 aromatic carbocycles. The first-order valence-electron chi connectivity index (χ1n) is 5.12. The number of halogens is 1. The van der Waals surface area contributed by atoms with Gasteiger partial charge in [0.05, 0.1) is 5.02 Å². The van der Waals surface area contributed by atoms with Crippen LogP contribution in [0.1, 0.15) is 33.3 Å². The highest BCUT2D eigenvalue weighted by atomic mass is 35.5. The van der Waals surface area contributed by atoms with Gasteiger partial charge in [0.2, 0.25) is 0 Å². The molecule has 0 aliphatic carbocycles. The molecule has 0 radical (unpaired) electrons. The molecule has 0 fully saturated rings. The second-order valence-electron chi connectivity index (χ2n) is 5.11. The van der Waals surface area contributed by atoms with Crippen LogP contribution >= 0.6 is 11.6 Å². The Hall–Kier alpha value is -0.770. The Morgan fingerprint density at radius 3 is 2.19 bits per heavy atom. The number of hydrogen-bond donors (Lipinski definition) is 3. The standard InChI is InChI=1S/C12H18ClNO2/c1-11(2,3)14-12(4,16)9-6-5-8(15)7-10(9)13/h5-7,14-16H,1-4H3. The summed E-state index contributed by atoms with van der Waals surface area (Å²) in [5, 5.41) is 23.0. The summed E-state index contributed by atoms with van der Waals surface area (Å²) in [6, 6.07) is 4.52. The Bertz CT molecular complexity index is 383. The maximum absolute atomic E-state index is 10.3. The van der Waals surface area contributed by atoms with Crippen molar-refractivity contribution in [3.63, 3.8) is 0 Å². The Morgan fingerprint density at radius 1 is 1.19 bits per heavy atom. The zero-order chi connectivity index (χ0) is 12.6. The van der Waals surface area contributed by atoms with Crippen LogP contribution in [0.5, 0.6) is 5.75 Å². The number of rotatable bonds is 2. The molecule has 0 saturated heterocycles. The molecule has 16 heavy (non-hydrogen) atoms. The molecule has 3 nitrogen and oxygen atoms in total. The monoisotopic (exact) mass is 243 g/mol. The van der Waals surface area contributed by atoms with E-state index in [0.29, 0.717) is 10.6 Å². The predicted molar refractivity (Wildman–Crippen MR) is 65.6 cm³/mol. The van der Waals surface area contributed by atoms with Gasteiger partial charge in [0.1, 0.15) is 11.5 Å². The van der Waals surface area contributed by atoms with Gasteiger partial charge in [0, 0.05) is 11.1 Å². The highest BCUT2D eigenvalue weighted by Crippen LogP contribution is 2.30. The molecule has 0 saturated carbocycles. The van der Waals surface area contributed by atoms with E-state index in [1.807, 2.05) is 20.8 Å². The van der Waals surface area contributed by atoms with Gasteiger partial charge in [-0.3, -0.25) is 5.32 Å². The zero-order valence-corrected chi connectivity index (χ0v) is 10.8. The Kier molecular flexibility index (Phi) is 3.53. The van der Waals surface area contributed by atoms with Crippen molar-refractivity contribution in [1.29, 1.82) is 0 Å². The van der Waals surface area contributed by atoms with E-state index in [-0.39, 0.29) is 11.3 Å². The lowest BCUT2D eigenvalue weighted by Gasteiger charge is -2.34. The minimum atomic E-state index is -1.23. The maximum Gasteiger partial charge on any atom is 0.141 e. The second kappa shape index (κ2) is 4.24. The summed E-state index contributed by atoms with van der Waals surface area (Å²) < 4.78 is 0. The van der Waals surface area contributed by atoms with Gasteiger partial charge in [-0.1, -0.05) is 11.6 Å². The lowest BCUT2D eigenvalue weighted by atomic mass is 9.99. The first-order valence-corrected chi connectivity index (χ1v) is 5.50. The first-order chi connectivity index (χ1) is 7.12. The quantitative estimate of drug-likeness (QED) is 0.700. The van der Waals surface area contributed by atoms with E-state index in [4.69, 9.17) is 11.6 Å². The average molecular weight is 244 g/mol. The Labute approximate surface area is 101 Å². The summed E-state index contributed by atoms with van der Waals surface area (Å²) in [5.74, 6) is 0.0836. The number of benzene rings is 1. The van der Waals surface area contributed by atoms with Crippen molar-refractivity contribution in [1.82, 2.24) is 5.32 Å². The summed E-state index contributed by atoms with van der Waals surface area (Å²) in [4.78, 5) is 0. The number of aliphatic hydroxyl groups is 1. The van der Waals surface area contributed by atoms with Gasteiger partial charge in [-0.15, -0.1) is 0 Å². The van der Waals surface area contributed by atoms with E-state index in [2.05, 4.69) is 5.32 Å². The summed E-state index contributed by atoms with van der Waals surface area (Å²) in [5.41, 5.74) is -0.935. The fraction of sp³-hybridized carbons (Fsp3) is 0.500. The predicted octanol–water partition coefficient (Wildman–Crippen LogP) is 2.60. The molecule has 1 unspecified atom stereocenters. The molecule has 0 aliphatic heterocycles. The van der Waals surface area contributed by atoms with Crippen LogP contribution in [0.25, 0.3) is 0 Å². The molecular formula is C12H18ClNO2. The fourth-order valence-electron chi connectivity index (χ4n) is 1.70. The van der Waals surface area contributed by atoms with Crippen LogP contribution in [0, 0.1) is 0 Å². The highest BCUT2D eigenvalue weighted by Gasteiger charge is 2.29. The van der Waals surface area contributed by atoms with E-state index >= 15 is 0 Å². The van der Waals surface area contributed by atoms with Gasteiger partial charge in [0.15, 0.2) is 0 Å². The van der Waals surface area contributed by atoms with Gasteiger partial charge in [-0.05, 0) is 45.9 Å². The SMILES string of the molecule is CC(C)(C)NC(C)(O)c1ccc(O)cc1Cl. The molecule has 0 aliphatic rings. The molecule has 0 amide bonds. The summed E-state index contributed by atoms with van der Waals surface area (Å²) >= 11 is 5.98. The molecule has 0 bridgehead atoms. The molecule has 0 spiro atoms. The lowest BCUT2D eigenvalue weighted by molar-refractivity contribution is -0.00409. The topological polar surface area (TPSA) is 52.5 Å². The minimum absolute atomic E-state index is 0.0836. The average Bonchev–Trinajstić information content (AvgIpc) is 1.97. The third-order valence-corrected chi connectivity index (χ3v) is 2.41. The van der Waals surface area contributed by atoms with Crippen LogP contribution in [0.4, 0.5) is 0 Å². The van der Waals surface area contributed by atoms with Gasteiger partial charge in [-0.25, -0.2) is 0 Å². The molecule has 1 atom stereocenters. The van der Waals surface area contributed by atoms with Crippen LogP contribution < -0.4 is 5.32 Å². The Balaban J connectivity index is 3.07. The van der Waals surface area contributed by atoms with Crippen molar-refractivity contribution in [2.75, 3.05) is 0 Å². The molecule has 0 aromatic heterocycles. The molecular weight excluding hydrogens is 226 g/mol. The third-order valence-electron chi connectivity index (χ3n) is 2.10. The van der Waals surface area contributed by atoms with Crippen molar-refractivity contribution in [2.45, 2.75) is 39.0 Å². The van der Waals surface area contributed by atoms with E-state index < -0.39 is 5.72 Å². The maximum atomic E-state index is 10.3. The summed E-state index contributed by atoms with van der Waals surface area (Å²) in [6.45, 7) is 7.50. The zero-order valence-electron chi connectivity index (χ0n) is 10.0. The number of aromatic hydroxyl groups is 1. The van der Waals surface area contributed by atoms with Crippen molar-refractivity contribution >= 4 is 11.6 Å². The van der Waals surface area contributed by atoms with Crippen molar-refractivity contribution in [3.8, 4) is 5.75 Å². The largest absolute Gasteiger partial charge is 0.508 e. The summed E-state index contributed by atoms with van der Waals surface area (Å²) in [6.07, 6.45) is 0. The molecule has 1 aromatic rings. The second-order valence-corrected chi connectivity index (χ2v) is 5.52. The number of phenols is 1. The summed E-state index contributed by atoms with van der Waals surface area (Å²) in [7, 11) is 0. The third kappa shape index (κ3) is 3.37. The lowest BCUT2D eigenvalue weighted by Crippen LogP contribution is -2.50. The molecule has 0 heterocycles. The van der Waals surface area contributed by atoms with Crippen LogP contribution in [-0.2, 0) is 5.72 Å². The van der Waals surface area contributed by atoms with E-state index in [0.717, 1.165) is 0 Å². The van der Waals surface area contributed by atoms with Gasteiger partial charge >= 0.3 is 0 Å². The van der Waals surface area contributed by atoms with Crippen LogP contribution in [-0.4, -0.2) is 15.8 Å². The van der Waals surface area contributed by atoms with Gasteiger partial charge in [0.25, 0.3) is 0 Å². The minimum Gasteiger partial charge on any atom is -0.508 e. The van der Waals surface area contributed by atoms with Crippen molar-refractivity contribution < 1.29 is 10.2 Å².